The van der Waals surface area contributed by atoms with Gasteiger partial charge in [0.05, 0.1) is 6.04 Å². The molecule has 4 nitrogen and oxygen atoms in total. The van der Waals surface area contributed by atoms with Gasteiger partial charge >= 0.3 is 0 Å². The molecule has 1 amide bonds. The summed E-state index contributed by atoms with van der Waals surface area (Å²) in [5, 5.41) is 0. The molecule has 0 aromatic heterocycles. The van der Waals surface area contributed by atoms with Gasteiger partial charge in [-0.05, 0) is 55.8 Å². The summed E-state index contributed by atoms with van der Waals surface area (Å²) in [5.74, 6) is 0.493. The van der Waals surface area contributed by atoms with Gasteiger partial charge in [0.15, 0.2) is 0 Å². The molecule has 0 saturated heterocycles. The maximum atomic E-state index is 12.9. The van der Waals surface area contributed by atoms with Crippen LogP contribution in [0.25, 0.3) is 0 Å². The zero-order chi connectivity index (χ0) is 18.5. The van der Waals surface area contributed by atoms with Crippen molar-refractivity contribution in [3.8, 4) is 5.75 Å². The smallest absolute Gasteiger partial charge is 0.239 e. The molecule has 3 rings (SSSR count). The summed E-state index contributed by atoms with van der Waals surface area (Å²) in [6.45, 7) is 4.44. The Bertz CT molecular complexity index is 748. The third-order valence-corrected chi connectivity index (χ3v) is 4.99. The molecule has 1 aliphatic rings. The van der Waals surface area contributed by atoms with E-state index in [2.05, 4.69) is 12.1 Å². The van der Waals surface area contributed by atoms with Crippen molar-refractivity contribution in [2.45, 2.75) is 25.9 Å². The van der Waals surface area contributed by atoms with Crippen LogP contribution < -0.4 is 4.74 Å². The van der Waals surface area contributed by atoms with E-state index < -0.39 is 0 Å². The number of hydrogen-bond acceptors (Lipinski definition) is 3. The second kappa shape index (κ2) is 8.32. The number of rotatable bonds is 6. The fourth-order valence-corrected chi connectivity index (χ4v) is 3.17. The Balaban J connectivity index is 1.49. The fourth-order valence-electron chi connectivity index (χ4n) is 3.17. The van der Waals surface area contributed by atoms with Gasteiger partial charge < -0.3 is 9.64 Å². The highest BCUT2D eigenvalue weighted by molar-refractivity contribution is 5.81. The molecule has 0 saturated carbocycles. The molecule has 1 unspecified atom stereocenters. The summed E-state index contributed by atoms with van der Waals surface area (Å²) >= 11 is 0. The molecule has 0 spiro atoms. The van der Waals surface area contributed by atoms with Crippen LogP contribution in [0.3, 0.4) is 0 Å². The highest BCUT2D eigenvalue weighted by Gasteiger charge is 2.26. The minimum atomic E-state index is -0.281. The molecule has 0 aliphatic carbocycles. The van der Waals surface area contributed by atoms with Crippen LogP contribution in [0.4, 0.5) is 4.39 Å². The number of likely N-dealkylation sites (N-methyl/N-ethyl adjacent to an activating group) is 1. The van der Waals surface area contributed by atoms with Crippen molar-refractivity contribution in [3.05, 3.63) is 65.5 Å². The van der Waals surface area contributed by atoms with Crippen molar-refractivity contribution in [1.82, 2.24) is 9.80 Å². The number of amides is 1. The lowest BCUT2D eigenvalue weighted by Gasteiger charge is -2.33. The van der Waals surface area contributed by atoms with Crippen LogP contribution in [0, 0.1) is 5.82 Å². The standard InChI is InChI=1S/C21H25FN2O2/c1-16(23(2)13-14-26-20-9-7-19(22)8-10-20)21(25)24-12-11-17-5-3-4-6-18(17)15-24/h3-10,16H,11-15H2,1-2H3. The van der Waals surface area contributed by atoms with E-state index in [9.17, 15) is 9.18 Å². The molecule has 0 radical (unpaired) electrons. The van der Waals surface area contributed by atoms with Crippen LogP contribution in [0.1, 0.15) is 18.1 Å². The van der Waals surface area contributed by atoms with Crippen molar-refractivity contribution in [1.29, 1.82) is 0 Å². The third-order valence-electron chi connectivity index (χ3n) is 4.99. The molecular formula is C21H25FN2O2. The van der Waals surface area contributed by atoms with Gasteiger partial charge in [0.1, 0.15) is 18.2 Å². The first kappa shape index (κ1) is 18.4. The number of hydrogen-bond donors (Lipinski definition) is 0. The number of halogens is 1. The fraction of sp³-hybridized carbons (Fsp3) is 0.381. The van der Waals surface area contributed by atoms with Gasteiger partial charge in [-0.15, -0.1) is 0 Å². The van der Waals surface area contributed by atoms with E-state index >= 15 is 0 Å². The van der Waals surface area contributed by atoms with Crippen molar-refractivity contribution in [3.63, 3.8) is 0 Å². The van der Waals surface area contributed by atoms with E-state index in [-0.39, 0.29) is 17.8 Å². The largest absolute Gasteiger partial charge is 0.492 e. The summed E-state index contributed by atoms with van der Waals surface area (Å²) < 4.78 is 18.5. The predicted octanol–water partition coefficient (Wildman–Crippen LogP) is 3.11. The zero-order valence-corrected chi connectivity index (χ0v) is 15.3. The first-order chi connectivity index (χ1) is 12.5. The maximum Gasteiger partial charge on any atom is 0.239 e. The lowest BCUT2D eigenvalue weighted by molar-refractivity contribution is -0.137. The molecule has 2 aromatic rings. The Kier molecular flexibility index (Phi) is 5.89. The van der Waals surface area contributed by atoms with Crippen molar-refractivity contribution in [2.75, 3.05) is 26.7 Å². The van der Waals surface area contributed by atoms with E-state index in [4.69, 9.17) is 4.74 Å². The van der Waals surface area contributed by atoms with Gasteiger partial charge in [-0.2, -0.15) is 0 Å². The minimum Gasteiger partial charge on any atom is -0.492 e. The maximum absolute atomic E-state index is 12.9. The Morgan fingerprint density at radius 3 is 2.62 bits per heavy atom. The van der Waals surface area contributed by atoms with Crippen molar-refractivity contribution in [2.24, 2.45) is 0 Å². The number of benzene rings is 2. The quantitative estimate of drug-likeness (QED) is 0.797. The first-order valence-electron chi connectivity index (χ1n) is 8.99. The SMILES string of the molecule is CC(C(=O)N1CCc2ccccc2C1)N(C)CCOc1ccc(F)cc1. The second-order valence-electron chi connectivity index (χ2n) is 6.74. The topological polar surface area (TPSA) is 32.8 Å². The lowest BCUT2D eigenvalue weighted by atomic mass is 9.99. The van der Waals surface area contributed by atoms with Crippen molar-refractivity contribution < 1.29 is 13.9 Å². The summed E-state index contributed by atoms with van der Waals surface area (Å²) in [7, 11) is 1.93. The highest BCUT2D eigenvalue weighted by Crippen LogP contribution is 2.19. The molecule has 0 bridgehead atoms. The third kappa shape index (κ3) is 4.41. The predicted molar refractivity (Wildman–Crippen MR) is 99.6 cm³/mol. The normalized spacial score (nSPS) is 14.8. The van der Waals surface area contributed by atoms with Gasteiger partial charge in [-0.25, -0.2) is 4.39 Å². The van der Waals surface area contributed by atoms with Gasteiger partial charge in [0.2, 0.25) is 5.91 Å². The van der Waals surface area contributed by atoms with Crippen LogP contribution in [0.2, 0.25) is 0 Å². The average molecular weight is 356 g/mol. The van der Waals surface area contributed by atoms with Gasteiger partial charge in [-0.1, -0.05) is 24.3 Å². The Hall–Kier alpha value is -2.40. The number of ether oxygens (including phenoxy) is 1. The molecule has 0 N–H and O–H groups in total. The Morgan fingerprint density at radius 2 is 1.88 bits per heavy atom. The first-order valence-corrected chi connectivity index (χ1v) is 8.99. The van der Waals surface area contributed by atoms with E-state index in [1.165, 1.54) is 23.3 Å². The van der Waals surface area contributed by atoms with E-state index in [0.29, 0.717) is 25.4 Å². The van der Waals surface area contributed by atoms with Crippen molar-refractivity contribution >= 4 is 5.91 Å². The van der Waals surface area contributed by atoms with E-state index in [0.717, 1.165) is 13.0 Å². The molecule has 2 aromatic carbocycles. The molecule has 1 aliphatic heterocycles. The highest BCUT2D eigenvalue weighted by atomic mass is 19.1. The number of carbonyl (C=O) groups is 1. The summed E-state index contributed by atoms with van der Waals surface area (Å²) in [6.07, 6.45) is 0.909. The molecule has 138 valence electrons. The molecule has 5 heteroatoms. The van der Waals surface area contributed by atoms with Gasteiger partial charge in [-0.3, -0.25) is 9.69 Å². The second-order valence-corrected chi connectivity index (χ2v) is 6.74. The Morgan fingerprint density at radius 1 is 1.19 bits per heavy atom. The Labute approximate surface area is 154 Å². The lowest BCUT2D eigenvalue weighted by Crippen LogP contribution is -2.48. The van der Waals surface area contributed by atoms with Gasteiger partial charge in [0, 0.05) is 19.6 Å². The van der Waals surface area contributed by atoms with Crippen LogP contribution in [0.15, 0.2) is 48.5 Å². The van der Waals surface area contributed by atoms with Crippen LogP contribution in [0.5, 0.6) is 5.75 Å². The summed E-state index contributed by atoms with van der Waals surface area (Å²) in [5.41, 5.74) is 2.58. The molecule has 1 heterocycles. The number of fused-ring (bicyclic) bond motifs is 1. The zero-order valence-electron chi connectivity index (χ0n) is 15.3. The molecular weight excluding hydrogens is 331 g/mol. The average Bonchev–Trinajstić information content (AvgIpc) is 2.68. The monoisotopic (exact) mass is 356 g/mol. The van der Waals surface area contributed by atoms with Crippen LogP contribution in [-0.2, 0) is 17.8 Å². The summed E-state index contributed by atoms with van der Waals surface area (Å²) in [6, 6.07) is 14.1. The molecule has 1 atom stereocenters. The molecule has 26 heavy (non-hydrogen) atoms. The van der Waals surface area contributed by atoms with Crippen LogP contribution in [-0.4, -0.2) is 48.5 Å². The minimum absolute atomic E-state index is 0.142. The van der Waals surface area contributed by atoms with Gasteiger partial charge in [0.25, 0.3) is 0 Å². The number of nitrogens with zero attached hydrogens (tertiary/aromatic N) is 2. The summed E-state index contributed by atoms with van der Waals surface area (Å²) in [4.78, 5) is 16.7. The molecule has 0 fully saturated rings. The van der Waals surface area contributed by atoms with Crippen LogP contribution >= 0.6 is 0 Å². The van der Waals surface area contributed by atoms with E-state index in [1.807, 2.05) is 35.9 Å². The number of carbonyl (C=O) groups excluding carboxylic acids is 1. The van der Waals surface area contributed by atoms with E-state index in [1.54, 1.807) is 12.1 Å².